The molecule has 0 saturated heterocycles. The van der Waals surface area contributed by atoms with Crippen molar-refractivity contribution >= 4 is 56.6 Å². The fourth-order valence-corrected chi connectivity index (χ4v) is 2.68. The molecule has 0 aliphatic rings. The molecule has 0 bridgehead atoms. The lowest BCUT2D eigenvalue weighted by Crippen LogP contribution is -2.11. The molecule has 118 valence electrons. The molecule has 0 fully saturated rings. The van der Waals surface area contributed by atoms with Crippen LogP contribution in [0.4, 0.5) is 0 Å². The lowest BCUT2D eigenvalue weighted by Gasteiger charge is -1.97. The molecule has 0 radical (unpaired) electrons. The number of carbonyl (C=O) groups excluding carboxylic acids is 1. The Kier molecular flexibility index (Phi) is 7.05. The van der Waals surface area contributed by atoms with Gasteiger partial charge in [0, 0.05) is 5.02 Å². The third-order valence-corrected chi connectivity index (χ3v) is 3.90. The highest BCUT2D eigenvalue weighted by atomic mass is 35.5. The van der Waals surface area contributed by atoms with E-state index in [0.29, 0.717) is 5.02 Å². The van der Waals surface area contributed by atoms with Gasteiger partial charge in [-0.15, -0.1) is 0 Å². The quantitative estimate of drug-likeness (QED) is 0.794. The molecule has 1 heterocycles. The number of carbonyl (C=O) groups is 1. The lowest BCUT2D eigenvalue weighted by atomic mass is 10.2. The van der Waals surface area contributed by atoms with E-state index in [2.05, 4.69) is 0 Å². The molecular weight excluding hydrogens is 369 g/mol. The smallest absolute Gasteiger partial charge is 0.287 e. The van der Waals surface area contributed by atoms with Gasteiger partial charge in [-0.3, -0.25) is 9.35 Å². The Bertz CT molecular complexity index is 771. The summed E-state index contributed by atoms with van der Waals surface area (Å²) in [6, 6.07) is 6.29. The molecule has 0 aliphatic carbocycles. The van der Waals surface area contributed by atoms with Crippen molar-refractivity contribution in [1.29, 1.82) is 0 Å². The largest absolute Gasteiger partial charge is 0.366 e. The van der Waals surface area contributed by atoms with Gasteiger partial charge in [-0.25, -0.2) is 0 Å². The number of rotatable bonds is 3. The van der Waals surface area contributed by atoms with Crippen molar-refractivity contribution in [2.75, 3.05) is 0 Å². The molecule has 2 rings (SSSR count). The molecule has 3 N–H and O–H groups in total. The summed E-state index contributed by atoms with van der Waals surface area (Å²) in [5.74, 6) is -0.549. The molecule has 1 amide bonds. The summed E-state index contributed by atoms with van der Waals surface area (Å²) in [6.45, 7) is 0. The van der Waals surface area contributed by atoms with Gasteiger partial charge in [0.15, 0.2) is 0 Å². The zero-order valence-electron chi connectivity index (χ0n) is 10.9. The maximum Gasteiger partial charge on any atom is 0.287 e. The Morgan fingerprint density at radius 2 is 1.95 bits per heavy atom. The summed E-state index contributed by atoms with van der Waals surface area (Å²) in [6.07, 6.45) is 1.34. The van der Waals surface area contributed by atoms with Gasteiger partial charge in [0.2, 0.25) is 5.91 Å². The summed E-state index contributed by atoms with van der Waals surface area (Å²) in [5, 5.41) is 5.13. The second-order valence-electron chi connectivity index (χ2n) is 3.86. The van der Waals surface area contributed by atoms with Crippen LogP contribution in [0.5, 0.6) is 0 Å². The number of nitrogens with two attached hydrogens (primary N) is 1. The van der Waals surface area contributed by atoms with Gasteiger partial charge < -0.3 is 5.73 Å². The molecule has 9 heteroatoms. The highest BCUT2D eigenvalue weighted by Gasteiger charge is 2.05. The van der Waals surface area contributed by atoms with Gasteiger partial charge in [-0.05, 0) is 46.7 Å². The number of hydrogen-bond donors (Lipinski definition) is 2. The third kappa shape index (κ3) is 7.06. The van der Waals surface area contributed by atoms with Crippen LogP contribution in [0.15, 0.2) is 40.4 Å². The van der Waals surface area contributed by atoms with E-state index in [0.717, 1.165) is 11.0 Å². The molecule has 0 saturated carbocycles. The monoisotopic (exact) mass is 379 g/mol. The molecule has 22 heavy (non-hydrogen) atoms. The van der Waals surface area contributed by atoms with Crippen LogP contribution in [0.1, 0.15) is 15.9 Å². The van der Waals surface area contributed by atoms with E-state index in [1.807, 2.05) is 5.38 Å². The predicted octanol–water partition coefficient (Wildman–Crippen LogP) is 3.70. The Balaban J connectivity index is 0.000000220. The molecule has 1 aromatic heterocycles. The standard InChI is InChI=1S/C7H5Cl2NO.C6H6O3S2/c8-4-1-2-5(7(10)11)6(9)3-4;7-11(8,9)4-2-6-1-3-10-5-6/h1-3H,(H2,10,11);1-5H,(H,7,8,9)/b;4-2+. The number of primary amides is 1. The lowest BCUT2D eigenvalue weighted by molar-refractivity contribution is 0.100. The average Bonchev–Trinajstić information content (AvgIpc) is 2.89. The Morgan fingerprint density at radius 3 is 2.41 bits per heavy atom. The minimum absolute atomic E-state index is 0.282. The zero-order valence-corrected chi connectivity index (χ0v) is 14.1. The van der Waals surface area contributed by atoms with E-state index in [4.69, 9.17) is 33.5 Å². The van der Waals surface area contributed by atoms with Crippen LogP contribution in [-0.2, 0) is 10.1 Å². The van der Waals surface area contributed by atoms with Gasteiger partial charge in [0.25, 0.3) is 10.1 Å². The van der Waals surface area contributed by atoms with E-state index in [-0.39, 0.29) is 10.6 Å². The van der Waals surface area contributed by atoms with Gasteiger partial charge >= 0.3 is 0 Å². The first-order chi connectivity index (χ1) is 10.2. The number of benzene rings is 1. The van der Waals surface area contributed by atoms with Crippen LogP contribution in [0.2, 0.25) is 10.0 Å². The van der Waals surface area contributed by atoms with Crippen molar-refractivity contribution in [2.24, 2.45) is 5.73 Å². The number of amides is 1. The minimum atomic E-state index is -3.98. The van der Waals surface area contributed by atoms with E-state index < -0.39 is 16.0 Å². The predicted molar refractivity (Wildman–Crippen MR) is 89.9 cm³/mol. The normalized spacial score (nSPS) is 11.0. The van der Waals surface area contributed by atoms with Crippen LogP contribution < -0.4 is 5.73 Å². The van der Waals surface area contributed by atoms with Crippen molar-refractivity contribution in [2.45, 2.75) is 0 Å². The van der Waals surface area contributed by atoms with Crippen LogP contribution in [0, 0.1) is 0 Å². The second-order valence-corrected chi connectivity index (χ2v) is 6.79. The van der Waals surface area contributed by atoms with Crippen molar-refractivity contribution < 1.29 is 17.8 Å². The molecule has 0 spiro atoms. The molecule has 1 aromatic carbocycles. The summed E-state index contributed by atoms with van der Waals surface area (Å²) >= 11 is 12.7. The second kappa shape index (κ2) is 8.30. The van der Waals surface area contributed by atoms with Crippen LogP contribution in [0.25, 0.3) is 6.08 Å². The first-order valence-electron chi connectivity index (χ1n) is 5.61. The van der Waals surface area contributed by atoms with Gasteiger partial charge in [0.1, 0.15) is 0 Å². The van der Waals surface area contributed by atoms with Crippen LogP contribution in [-0.4, -0.2) is 18.9 Å². The number of halogens is 2. The van der Waals surface area contributed by atoms with Crippen LogP contribution in [0.3, 0.4) is 0 Å². The maximum absolute atomic E-state index is 10.6. The highest BCUT2D eigenvalue weighted by Crippen LogP contribution is 2.20. The Labute approximate surface area is 141 Å². The van der Waals surface area contributed by atoms with Crippen molar-refractivity contribution in [3.63, 3.8) is 0 Å². The number of thiophene rings is 1. The Morgan fingerprint density at radius 1 is 1.27 bits per heavy atom. The summed E-state index contributed by atoms with van der Waals surface area (Å²) < 4.78 is 28.7. The van der Waals surface area contributed by atoms with Crippen LogP contribution >= 0.6 is 34.5 Å². The van der Waals surface area contributed by atoms with E-state index >= 15 is 0 Å². The third-order valence-electron chi connectivity index (χ3n) is 2.17. The summed E-state index contributed by atoms with van der Waals surface area (Å²) in [4.78, 5) is 10.6. The van der Waals surface area contributed by atoms with Gasteiger partial charge in [-0.1, -0.05) is 23.2 Å². The zero-order chi connectivity index (χ0) is 16.8. The molecule has 2 aromatic rings. The van der Waals surface area contributed by atoms with E-state index in [9.17, 15) is 13.2 Å². The SMILES string of the molecule is NC(=O)c1ccc(Cl)cc1Cl.O=S(=O)(O)/C=C/c1ccsc1. The minimum Gasteiger partial charge on any atom is -0.366 e. The van der Waals surface area contributed by atoms with E-state index in [1.54, 1.807) is 17.5 Å². The fourth-order valence-electron chi connectivity index (χ4n) is 1.22. The van der Waals surface area contributed by atoms with E-state index in [1.165, 1.54) is 29.5 Å². The highest BCUT2D eigenvalue weighted by molar-refractivity contribution is 7.88. The first kappa shape index (κ1) is 18.7. The fraction of sp³-hybridized carbons (Fsp3) is 0. The topological polar surface area (TPSA) is 97.5 Å². The summed E-state index contributed by atoms with van der Waals surface area (Å²) in [5.41, 5.74) is 6.06. The number of hydrogen-bond acceptors (Lipinski definition) is 4. The van der Waals surface area contributed by atoms with Crippen molar-refractivity contribution in [1.82, 2.24) is 0 Å². The molecular formula is C13H11Cl2NO4S2. The molecule has 0 aliphatic heterocycles. The van der Waals surface area contributed by atoms with Crippen molar-refractivity contribution in [3.05, 3.63) is 61.6 Å². The van der Waals surface area contributed by atoms with Gasteiger partial charge in [0.05, 0.1) is 16.0 Å². The Hall–Kier alpha value is -1.38. The summed E-state index contributed by atoms with van der Waals surface area (Å²) in [7, 11) is -3.98. The average molecular weight is 380 g/mol. The van der Waals surface area contributed by atoms with Crippen molar-refractivity contribution in [3.8, 4) is 0 Å². The molecule has 0 unspecified atom stereocenters. The maximum atomic E-state index is 10.6. The molecule has 0 atom stereocenters. The molecule has 5 nitrogen and oxygen atoms in total. The first-order valence-corrected chi connectivity index (χ1v) is 8.82. The van der Waals surface area contributed by atoms with Gasteiger partial charge in [-0.2, -0.15) is 19.8 Å².